The summed E-state index contributed by atoms with van der Waals surface area (Å²) in [6.45, 7) is 3.00. The largest absolute Gasteiger partial charge is 0.277 e. The van der Waals surface area contributed by atoms with Gasteiger partial charge in [-0.1, -0.05) is 55.4 Å². The van der Waals surface area contributed by atoms with Crippen LogP contribution in [0.3, 0.4) is 0 Å². The number of nitrogens with zero attached hydrogens (tertiary/aromatic N) is 2. The third kappa shape index (κ3) is 3.09. The van der Waals surface area contributed by atoms with E-state index in [9.17, 15) is 0 Å². The highest BCUT2D eigenvalue weighted by Gasteiger charge is 2.18. The fraction of sp³-hybridized carbons (Fsp3) is 0.385. The molecule has 0 aromatic heterocycles. The molecule has 1 aliphatic heterocycles. The number of hydrogen-bond acceptors (Lipinski definition) is 3. The minimum Gasteiger partial charge on any atom is -0.277 e. The maximum absolute atomic E-state index is 7.86. The summed E-state index contributed by atoms with van der Waals surface area (Å²) < 4.78 is 0. The predicted molar refractivity (Wildman–Crippen MR) is 74.8 cm³/mol. The highest BCUT2D eigenvalue weighted by Crippen LogP contribution is 2.19. The molecule has 0 spiro atoms. The van der Waals surface area contributed by atoms with Crippen LogP contribution < -0.4 is 0 Å². The van der Waals surface area contributed by atoms with Crippen LogP contribution in [0.5, 0.6) is 0 Å². The van der Waals surface area contributed by atoms with E-state index in [0.29, 0.717) is 5.17 Å². The smallest absolute Gasteiger partial charge is 0.177 e. The predicted octanol–water partition coefficient (Wildman–Crippen LogP) is 3.17. The molecule has 0 fully saturated rings. The number of thioether (sulfide) groups is 1. The van der Waals surface area contributed by atoms with Crippen molar-refractivity contribution in [1.82, 2.24) is 5.01 Å². The molecular weight excluding hydrogens is 230 g/mol. The lowest BCUT2D eigenvalue weighted by atomic mass is 10.1. The Balaban J connectivity index is 2.15. The van der Waals surface area contributed by atoms with Gasteiger partial charge >= 0.3 is 0 Å². The Kier molecular flexibility index (Phi) is 4.20. The van der Waals surface area contributed by atoms with Gasteiger partial charge < -0.3 is 0 Å². The van der Waals surface area contributed by atoms with Crippen molar-refractivity contribution in [2.75, 3.05) is 12.3 Å². The second-order valence-electron chi connectivity index (χ2n) is 3.98. The molecule has 4 heteroatoms. The van der Waals surface area contributed by atoms with Gasteiger partial charge in [0.1, 0.15) is 0 Å². The molecule has 90 valence electrons. The number of rotatable bonds is 4. The van der Waals surface area contributed by atoms with E-state index in [-0.39, 0.29) is 0 Å². The lowest BCUT2D eigenvalue weighted by molar-refractivity contribution is 0.435. The standard InChI is InChI=1S/C13H17N3S/c1-2-3-9-16-13(14)17-10-12(15-16)11-7-5-4-6-8-11/h4-8,14H,2-3,9-10H2,1H3. The Morgan fingerprint density at radius 2 is 2.12 bits per heavy atom. The Labute approximate surface area is 106 Å². The Morgan fingerprint density at radius 3 is 2.82 bits per heavy atom. The van der Waals surface area contributed by atoms with Crippen LogP contribution in [0, 0.1) is 5.41 Å². The molecule has 1 aliphatic rings. The fourth-order valence-corrected chi connectivity index (χ4v) is 2.44. The van der Waals surface area contributed by atoms with Crippen molar-refractivity contribution in [3.8, 4) is 0 Å². The number of amidine groups is 1. The first-order valence-electron chi connectivity index (χ1n) is 5.93. The number of hydrazone groups is 1. The maximum Gasteiger partial charge on any atom is 0.177 e. The van der Waals surface area contributed by atoms with Gasteiger partial charge in [0, 0.05) is 12.3 Å². The van der Waals surface area contributed by atoms with Crippen LogP contribution in [0.4, 0.5) is 0 Å². The first-order valence-corrected chi connectivity index (χ1v) is 6.91. The second-order valence-corrected chi connectivity index (χ2v) is 4.95. The Hall–Kier alpha value is -1.29. The van der Waals surface area contributed by atoms with E-state index < -0.39 is 0 Å². The van der Waals surface area contributed by atoms with Gasteiger partial charge in [-0.25, -0.2) is 5.01 Å². The summed E-state index contributed by atoms with van der Waals surface area (Å²) in [7, 11) is 0. The number of nitrogens with one attached hydrogen (secondary N) is 1. The van der Waals surface area contributed by atoms with Gasteiger partial charge in [-0.15, -0.1) is 0 Å². The minimum absolute atomic E-state index is 0.568. The molecule has 1 N–H and O–H groups in total. The van der Waals surface area contributed by atoms with Crippen LogP contribution in [0.15, 0.2) is 35.4 Å². The van der Waals surface area contributed by atoms with E-state index in [1.54, 1.807) is 11.8 Å². The zero-order valence-electron chi connectivity index (χ0n) is 10.0. The van der Waals surface area contributed by atoms with Crippen molar-refractivity contribution in [1.29, 1.82) is 5.41 Å². The van der Waals surface area contributed by atoms with E-state index in [1.807, 2.05) is 23.2 Å². The topological polar surface area (TPSA) is 39.5 Å². The zero-order valence-corrected chi connectivity index (χ0v) is 10.8. The summed E-state index contributed by atoms with van der Waals surface area (Å²) in [5.41, 5.74) is 2.23. The van der Waals surface area contributed by atoms with Crippen LogP contribution in [-0.4, -0.2) is 28.2 Å². The van der Waals surface area contributed by atoms with Crippen molar-refractivity contribution in [2.45, 2.75) is 19.8 Å². The van der Waals surface area contributed by atoms with Gasteiger partial charge in [-0.2, -0.15) is 5.10 Å². The molecular formula is C13H17N3S. The Morgan fingerprint density at radius 1 is 1.35 bits per heavy atom. The molecule has 0 bridgehead atoms. The fourth-order valence-electron chi connectivity index (χ4n) is 1.66. The summed E-state index contributed by atoms with van der Waals surface area (Å²) in [6.07, 6.45) is 2.21. The lowest BCUT2D eigenvalue weighted by Crippen LogP contribution is -2.31. The molecule has 17 heavy (non-hydrogen) atoms. The van der Waals surface area contributed by atoms with E-state index in [1.165, 1.54) is 0 Å². The number of unbranched alkanes of at least 4 members (excludes halogenated alkanes) is 1. The van der Waals surface area contributed by atoms with Crippen molar-refractivity contribution >= 4 is 22.6 Å². The molecule has 0 atom stereocenters. The molecule has 0 saturated heterocycles. The lowest BCUT2D eigenvalue weighted by Gasteiger charge is -2.25. The van der Waals surface area contributed by atoms with E-state index >= 15 is 0 Å². The van der Waals surface area contributed by atoms with E-state index in [2.05, 4.69) is 24.2 Å². The van der Waals surface area contributed by atoms with Crippen molar-refractivity contribution in [3.05, 3.63) is 35.9 Å². The summed E-state index contributed by atoms with van der Waals surface area (Å²) in [4.78, 5) is 0. The zero-order chi connectivity index (χ0) is 12.1. The molecule has 3 nitrogen and oxygen atoms in total. The average molecular weight is 247 g/mol. The van der Waals surface area contributed by atoms with Crippen LogP contribution >= 0.6 is 11.8 Å². The molecule has 1 aromatic carbocycles. The van der Waals surface area contributed by atoms with E-state index in [4.69, 9.17) is 5.41 Å². The third-order valence-electron chi connectivity index (χ3n) is 2.65. The molecule has 0 aliphatic carbocycles. The quantitative estimate of drug-likeness (QED) is 0.887. The maximum atomic E-state index is 7.86. The summed E-state index contributed by atoms with van der Waals surface area (Å²) >= 11 is 1.56. The first-order chi connectivity index (χ1) is 8.31. The summed E-state index contributed by atoms with van der Waals surface area (Å²) in [5.74, 6) is 0.797. The normalized spacial score (nSPS) is 15.9. The van der Waals surface area contributed by atoms with Gasteiger partial charge in [0.15, 0.2) is 5.17 Å². The van der Waals surface area contributed by atoms with Crippen LogP contribution in [0.2, 0.25) is 0 Å². The monoisotopic (exact) mass is 247 g/mol. The van der Waals surface area contributed by atoms with Gasteiger partial charge in [0.25, 0.3) is 0 Å². The number of hydrogen-bond donors (Lipinski definition) is 1. The number of benzene rings is 1. The third-order valence-corrected chi connectivity index (χ3v) is 3.55. The molecule has 0 unspecified atom stereocenters. The molecule has 1 heterocycles. The minimum atomic E-state index is 0.568. The molecule has 0 radical (unpaired) electrons. The molecule has 0 amide bonds. The first kappa shape index (κ1) is 12.2. The summed E-state index contributed by atoms with van der Waals surface area (Å²) in [6, 6.07) is 10.2. The van der Waals surface area contributed by atoms with Crippen LogP contribution in [0.25, 0.3) is 0 Å². The Bertz CT molecular complexity index is 414. The molecule has 0 saturated carbocycles. The van der Waals surface area contributed by atoms with Crippen LogP contribution in [0.1, 0.15) is 25.3 Å². The van der Waals surface area contributed by atoms with Gasteiger partial charge in [-0.05, 0) is 12.0 Å². The van der Waals surface area contributed by atoms with Crippen LogP contribution in [-0.2, 0) is 0 Å². The average Bonchev–Trinajstić information content (AvgIpc) is 2.39. The second kappa shape index (κ2) is 5.87. The van der Waals surface area contributed by atoms with Crippen molar-refractivity contribution < 1.29 is 0 Å². The van der Waals surface area contributed by atoms with Crippen molar-refractivity contribution in [2.24, 2.45) is 5.10 Å². The summed E-state index contributed by atoms with van der Waals surface area (Å²) in [5, 5.41) is 14.8. The SMILES string of the molecule is CCCCN1N=C(c2ccccc2)CSC1=N. The van der Waals surface area contributed by atoms with Gasteiger partial charge in [0.2, 0.25) is 0 Å². The van der Waals surface area contributed by atoms with E-state index in [0.717, 1.165) is 36.4 Å². The highest BCUT2D eigenvalue weighted by atomic mass is 32.2. The van der Waals surface area contributed by atoms with Gasteiger partial charge in [0.05, 0.1) is 5.71 Å². The highest BCUT2D eigenvalue weighted by molar-refractivity contribution is 8.14. The molecule has 2 rings (SSSR count). The van der Waals surface area contributed by atoms with Gasteiger partial charge in [-0.3, -0.25) is 5.41 Å². The molecule has 1 aromatic rings. The van der Waals surface area contributed by atoms with Crippen molar-refractivity contribution in [3.63, 3.8) is 0 Å².